The first kappa shape index (κ1) is 14.4. The van der Waals surface area contributed by atoms with Crippen LogP contribution < -0.4 is 0 Å². The van der Waals surface area contributed by atoms with Crippen LogP contribution in [-0.2, 0) is 4.79 Å². The lowest BCUT2D eigenvalue weighted by molar-refractivity contribution is -0.144. The molecule has 1 saturated heterocycles. The highest BCUT2D eigenvalue weighted by molar-refractivity contribution is 5.95. The number of carboxylic acids is 1. The summed E-state index contributed by atoms with van der Waals surface area (Å²) in [6.45, 7) is 1.97. The maximum Gasteiger partial charge on any atom is 0.308 e. The summed E-state index contributed by atoms with van der Waals surface area (Å²) in [5.41, 5.74) is -0.358. The van der Waals surface area contributed by atoms with Gasteiger partial charge < -0.3 is 10.0 Å². The number of nitrogens with zero attached hydrogens (tertiary/aromatic N) is 1. The first-order valence-electron chi connectivity index (χ1n) is 6.41. The number of aliphatic carboxylic acids is 1. The molecule has 1 amide bonds. The Morgan fingerprint density at radius 1 is 1.35 bits per heavy atom. The fourth-order valence-corrected chi connectivity index (χ4v) is 2.58. The molecule has 0 bridgehead atoms. The van der Waals surface area contributed by atoms with Gasteiger partial charge in [0.15, 0.2) is 11.6 Å². The number of amides is 1. The topological polar surface area (TPSA) is 57.6 Å². The van der Waals surface area contributed by atoms with Crippen molar-refractivity contribution in [2.45, 2.75) is 25.8 Å². The van der Waals surface area contributed by atoms with Gasteiger partial charge in [0.2, 0.25) is 0 Å². The van der Waals surface area contributed by atoms with E-state index in [1.54, 1.807) is 6.92 Å². The van der Waals surface area contributed by atoms with E-state index in [9.17, 15) is 18.4 Å². The minimum atomic E-state index is -1.19. The van der Waals surface area contributed by atoms with Crippen LogP contribution in [0.2, 0.25) is 0 Å². The number of likely N-dealkylation sites (tertiary alicyclic amines) is 1. The maximum absolute atomic E-state index is 13.7. The highest BCUT2D eigenvalue weighted by Gasteiger charge is 2.36. The molecule has 1 N–H and O–H groups in total. The zero-order valence-corrected chi connectivity index (χ0v) is 11.0. The monoisotopic (exact) mass is 283 g/mol. The van der Waals surface area contributed by atoms with E-state index in [4.69, 9.17) is 5.11 Å². The van der Waals surface area contributed by atoms with Gasteiger partial charge in [0, 0.05) is 12.6 Å². The van der Waals surface area contributed by atoms with Crippen molar-refractivity contribution >= 4 is 11.9 Å². The summed E-state index contributed by atoms with van der Waals surface area (Å²) < 4.78 is 26.8. The van der Waals surface area contributed by atoms with Crippen molar-refractivity contribution < 1.29 is 23.5 Å². The number of hydrogen-bond donors (Lipinski definition) is 1. The number of rotatable bonds is 2. The normalized spacial score (nSPS) is 22.6. The third-order valence-corrected chi connectivity index (χ3v) is 3.75. The third kappa shape index (κ3) is 2.50. The quantitative estimate of drug-likeness (QED) is 0.906. The van der Waals surface area contributed by atoms with E-state index in [0.717, 1.165) is 6.07 Å². The lowest BCUT2D eigenvalue weighted by Crippen LogP contribution is -2.49. The first-order chi connectivity index (χ1) is 9.43. The summed E-state index contributed by atoms with van der Waals surface area (Å²) >= 11 is 0. The average Bonchev–Trinajstić information content (AvgIpc) is 2.41. The van der Waals surface area contributed by atoms with Gasteiger partial charge in [-0.3, -0.25) is 9.59 Å². The second-order valence-corrected chi connectivity index (χ2v) is 4.93. The smallest absolute Gasteiger partial charge is 0.308 e. The molecule has 2 rings (SSSR count). The largest absolute Gasteiger partial charge is 0.481 e. The number of carbonyl (C=O) groups is 2. The predicted molar refractivity (Wildman–Crippen MR) is 67.2 cm³/mol. The molecule has 1 fully saturated rings. The molecule has 4 nitrogen and oxygen atoms in total. The van der Waals surface area contributed by atoms with Gasteiger partial charge in [0.05, 0.1) is 11.5 Å². The minimum absolute atomic E-state index is 0.347. The van der Waals surface area contributed by atoms with Gasteiger partial charge in [-0.05, 0) is 31.9 Å². The fourth-order valence-electron chi connectivity index (χ4n) is 2.58. The zero-order valence-electron chi connectivity index (χ0n) is 11.0. The highest BCUT2D eigenvalue weighted by Crippen LogP contribution is 2.26. The Hall–Kier alpha value is -1.98. The van der Waals surface area contributed by atoms with Crippen LogP contribution in [0, 0.1) is 17.6 Å². The molecule has 1 heterocycles. The van der Waals surface area contributed by atoms with Crippen LogP contribution >= 0.6 is 0 Å². The molecular formula is C14H15F2NO3. The van der Waals surface area contributed by atoms with Crippen molar-refractivity contribution in [1.29, 1.82) is 0 Å². The van der Waals surface area contributed by atoms with Crippen molar-refractivity contribution in [2.24, 2.45) is 5.92 Å². The summed E-state index contributed by atoms with van der Waals surface area (Å²) in [5.74, 6) is -4.60. The Morgan fingerprint density at radius 2 is 2.05 bits per heavy atom. The average molecular weight is 283 g/mol. The van der Waals surface area contributed by atoms with Crippen molar-refractivity contribution in [3.8, 4) is 0 Å². The van der Waals surface area contributed by atoms with E-state index in [2.05, 4.69) is 0 Å². The summed E-state index contributed by atoms with van der Waals surface area (Å²) in [6.07, 6.45) is 1.01. The third-order valence-electron chi connectivity index (χ3n) is 3.75. The molecule has 1 aromatic carbocycles. The van der Waals surface area contributed by atoms with E-state index in [0.29, 0.717) is 19.4 Å². The standard InChI is InChI=1S/C14H15F2NO3/c1-8-9(14(19)20)5-3-7-17(8)13(18)10-4-2-6-11(15)12(10)16/h2,4,6,8-9H,3,5,7H2,1H3,(H,19,20)/t8-,9-/m1/s1. The summed E-state index contributed by atoms with van der Waals surface area (Å²) in [6, 6.07) is 2.86. The van der Waals surface area contributed by atoms with Crippen LogP contribution in [0.3, 0.4) is 0 Å². The number of carboxylic acid groups (broad SMARTS) is 1. The van der Waals surface area contributed by atoms with Gasteiger partial charge in [-0.2, -0.15) is 0 Å². The molecule has 1 aliphatic rings. The summed E-state index contributed by atoms with van der Waals surface area (Å²) in [4.78, 5) is 24.7. The van der Waals surface area contributed by atoms with Gasteiger partial charge in [-0.15, -0.1) is 0 Å². The molecule has 0 spiro atoms. The number of hydrogen-bond acceptors (Lipinski definition) is 2. The van der Waals surface area contributed by atoms with Crippen LogP contribution in [0.15, 0.2) is 18.2 Å². The molecule has 1 aliphatic heterocycles. The number of benzene rings is 1. The van der Waals surface area contributed by atoms with Gasteiger partial charge in [0.25, 0.3) is 5.91 Å². The Bertz CT molecular complexity index is 547. The van der Waals surface area contributed by atoms with Crippen molar-refractivity contribution in [1.82, 2.24) is 4.90 Å². The molecule has 0 aliphatic carbocycles. The number of halogens is 2. The van der Waals surface area contributed by atoms with Gasteiger partial charge in [0.1, 0.15) is 0 Å². The van der Waals surface area contributed by atoms with Crippen molar-refractivity contribution in [3.63, 3.8) is 0 Å². The molecule has 0 aromatic heterocycles. The van der Waals surface area contributed by atoms with E-state index >= 15 is 0 Å². The molecule has 0 saturated carbocycles. The first-order valence-corrected chi connectivity index (χ1v) is 6.41. The second kappa shape index (κ2) is 5.56. The molecular weight excluding hydrogens is 268 g/mol. The number of carbonyl (C=O) groups excluding carboxylic acids is 1. The van der Waals surface area contributed by atoms with Gasteiger partial charge >= 0.3 is 5.97 Å². The van der Waals surface area contributed by atoms with Crippen LogP contribution in [0.25, 0.3) is 0 Å². The van der Waals surface area contributed by atoms with E-state index < -0.39 is 35.5 Å². The van der Waals surface area contributed by atoms with Crippen LogP contribution in [0.4, 0.5) is 8.78 Å². The van der Waals surface area contributed by atoms with Crippen molar-refractivity contribution in [3.05, 3.63) is 35.4 Å². The Balaban J connectivity index is 2.28. The second-order valence-electron chi connectivity index (χ2n) is 4.93. The zero-order chi connectivity index (χ0) is 14.9. The summed E-state index contributed by atoms with van der Waals surface area (Å²) in [5, 5.41) is 9.11. The van der Waals surface area contributed by atoms with Gasteiger partial charge in [-0.1, -0.05) is 6.07 Å². The Kier molecular flexibility index (Phi) is 4.01. The predicted octanol–water partition coefficient (Wildman–Crippen LogP) is 2.29. The minimum Gasteiger partial charge on any atom is -0.481 e. The van der Waals surface area contributed by atoms with Crippen molar-refractivity contribution in [2.75, 3.05) is 6.54 Å². The molecule has 0 radical (unpaired) electrons. The molecule has 1 aromatic rings. The Morgan fingerprint density at radius 3 is 2.70 bits per heavy atom. The lowest BCUT2D eigenvalue weighted by Gasteiger charge is -2.37. The molecule has 20 heavy (non-hydrogen) atoms. The van der Waals surface area contributed by atoms with Crippen LogP contribution in [0.5, 0.6) is 0 Å². The number of piperidine rings is 1. The van der Waals surface area contributed by atoms with E-state index in [-0.39, 0.29) is 5.56 Å². The summed E-state index contributed by atoms with van der Waals surface area (Å²) in [7, 11) is 0. The Labute approximate surface area is 115 Å². The lowest BCUT2D eigenvalue weighted by atomic mass is 9.90. The van der Waals surface area contributed by atoms with Crippen LogP contribution in [-0.4, -0.2) is 34.5 Å². The fraction of sp³-hybridized carbons (Fsp3) is 0.429. The highest BCUT2D eigenvalue weighted by atomic mass is 19.2. The SMILES string of the molecule is C[C@@H]1[C@H](C(=O)O)CCCN1C(=O)c1cccc(F)c1F. The molecule has 0 unspecified atom stereocenters. The van der Waals surface area contributed by atoms with Gasteiger partial charge in [-0.25, -0.2) is 8.78 Å². The molecule has 2 atom stereocenters. The van der Waals surface area contributed by atoms with Crippen LogP contribution in [0.1, 0.15) is 30.1 Å². The maximum atomic E-state index is 13.7. The van der Waals surface area contributed by atoms with E-state index in [1.807, 2.05) is 0 Å². The molecule has 108 valence electrons. The van der Waals surface area contributed by atoms with E-state index in [1.165, 1.54) is 17.0 Å². The molecule has 6 heteroatoms.